The zero-order valence-electron chi connectivity index (χ0n) is 18.7. The Hall–Kier alpha value is -3.68. The van der Waals surface area contributed by atoms with E-state index in [2.05, 4.69) is 17.2 Å². The number of nitrogens with one attached hydrogen (secondary N) is 2. The van der Waals surface area contributed by atoms with Gasteiger partial charge in [-0.15, -0.1) is 0 Å². The summed E-state index contributed by atoms with van der Waals surface area (Å²) in [6.45, 7) is 3.87. The third-order valence-corrected chi connectivity index (χ3v) is 5.77. The predicted molar refractivity (Wildman–Crippen MR) is 123 cm³/mol. The number of benzene rings is 1. The number of hydrogen-bond acceptors (Lipinski definition) is 6. The highest BCUT2D eigenvalue weighted by Crippen LogP contribution is 2.37. The Kier molecular flexibility index (Phi) is 5.69. The summed E-state index contributed by atoms with van der Waals surface area (Å²) in [6.07, 6.45) is 4.19. The lowest BCUT2D eigenvalue weighted by molar-refractivity contribution is 0.227. The first-order valence-corrected chi connectivity index (χ1v) is 10.6. The Labute approximate surface area is 186 Å². The highest BCUT2D eigenvalue weighted by Gasteiger charge is 2.25. The molecule has 1 atom stereocenters. The topological polar surface area (TPSA) is 102 Å². The maximum absolute atomic E-state index is 14.2. The molecule has 0 aliphatic carbocycles. The summed E-state index contributed by atoms with van der Waals surface area (Å²) in [6, 6.07) is 6.27. The van der Waals surface area contributed by atoms with Gasteiger partial charge in [0.05, 0.1) is 17.1 Å². The van der Waals surface area contributed by atoms with Gasteiger partial charge in [0, 0.05) is 55.2 Å². The van der Waals surface area contributed by atoms with E-state index in [0.29, 0.717) is 29.0 Å². The van der Waals surface area contributed by atoms with Crippen molar-refractivity contribution in [2.24, 2.45) is 7.05 Å². The number of allylic oxidation sites excluding steroid dienone is 1. The van der Waals surface area contributed by atoms with Crippen LogP contribution >= 0.6 is 0 Å². The molecule has 3 heterocycles. The van der Waals surface area contributed by atoms with Crippen molar-refractivity contribution in [3.63, 3.8) is 0 Å². The molecular weight excluding hydrogens is 407 g/mol. The minimum Gasteiger partial charge on any atom is -0.482 e. The van der Waals surface area contributed by atoms with Gasteiger partial charge in [0.1, 0.15) is 11.9 Å². The number of fused-ring (bicyclic) bond motifs is 5. The molecule has 8 heteroatoms. The van der Waals surface area contributed by atoms with Crippen LogP contribution in [0.3, 0.4) is 0 Å². The Balaban J connectivity index is 2.02. The zero-order valence-corrected chi connectivity index (χ0v) is 18.7. The number of rotatable bonds is 2. The van der Waals surface area contributed by atoms with Crippen molar-refractivity contribution < 1.29 is 9.13 Å². The number of halogens is 1. The van der Waals surface area contributed by atoms with Crippen LogP contribution < -0.4 is 15.8 Å². The van der Waals surface area contributed by atoms with E-state index in [9.17, 15) is 4.39 Å². The Morgan fingerprint density at radius 3 is 2.88 bits per heavy atom. The van der Waals surface area contributed by atoms with Crippen LogP contribution in [-0.4, -0.2) is 27.5 Å². The smallest absolute Gasteiger partial charge is 0.166 e. The third kappa shape index (κ3) is 3.72. The fourth-order valence-corrected chi connectivity index (χ4v) is 4.18. The largest absolute Gasteiger partial charge is 0.482 e. The molecule has 1 aromatic carbocycles. The summed E-state index contributed by atoms with van der Waals surface area (Å²) in [5.74, 6) is 0.282. The Morgan fingerprint density at radius 2 is 2.16 bits per heavy atom. The van der Waals surface area contributed by atoms with E-state index in [4.69, 9.17) is 21.0 Å². The molecule has 2 aromatic heterocycles. The van der Waals surface area contributed by atoms with Gasteiger partial charge in [0.25, 0.3) is 0 Å². The first-order chi connectivity index (χ1) is 15.3. The number of anilines is 1. The van der Waals surface area contributed by atoms with E-state index in [1.54, 1.807) is 19.3 Å². The summed E-state index contributed by atoms with van der Waals surface area (Å²) >= 11 is 0. The van der Waals surface area contributed by atoms with Crippen molar-refractivity contribution in [3.05, 3.63) is 70.6 Å². The minimum atomic E-state index is -0.547. The highest BCUT2D eigenvalue weighted by atomic mass is 19.1. The Morgan fingerprint density at radius 1 is 1.38 bits per heavy atom. The molecule has 0 saturated heterocycles. The van der Waals surface area contributed by atoms with E-state index in [0.717, 1.165) is 34.5 Å². The first kappa shape index (κ1) is 21.5. The second-order valence-electron chi connectivity index (χ2n) is 7.85. The molecule has 1 aliphatic rings. The monoisotopic (exact) mass is 434 g/mol. The number of aromatic nitrogens is 3. The lowest BCUT2D eigenvalue weighted by atomic mass is 9.91. The predicted octanol–water partition coefficient (Wildman–Crippen LogP) is 3.93. The minimum absolute atomic E-state index is 0.255. The molecule has 1 unspecified atom stereocenters. The molecule has 0 amide bonds. The van der Waals surface area contributed by atoms with Crippen molar-refractivity contribution in [2.75, 3.05) is 12.8 Å². The average Bonchev–Trinajstić information content (AvgIpc) is 3.09. The van der Waals surface area contributed by atoms with Crippen molar-refractivity contribution in [1.29, 1.82) is 5.41 Å². The number of nitrogens with two attached hydrogens (primary N) is 1. The molecule has 2 bridgehead atoms. The SMILES string of the molecule is CCc1nn(C)c2c1-c1cnc(N)c(c1)OC(C)c1cc(F)ccc1C(=N)/C(=C\NC)C2. The molecule has 0 spiro atoms. The molecule has 3 aromatic rings. The zero-order chi connectivity index (χ0) is 23.0. The van der Waals surface area contributed by atoms with E-state index in [1.165, 1.54) is 12.1 Å². The number of aryl methyl sites for hydroxylation is 2. The van der Waals surface area contributed by atoms with Gasteiger partial charge >= 0.3 is 0 Å². The van der Waals surface area contributed by atoms with E-state index >= 15 is 0 Å². The molecule has 166 valence electrons. The molecule has 0 saturated carbocycles. The Bertz CT molecular complexity index is 1230. The second kappa shape index (κ2) is 8.45. The maximum atomic E-state index is 14.2. The normalized spacial score (nSPS) is 17.1. The molecule has 32 heavy (non-hydrogen) atoms. The highest BCUT2D eigenvalue weighted by molar-refractivity contribution is 6.11. The molecule has 0 radical (unpaired) electrons. The molecular formula is C24H27FN6O. The fourth-order valence-electron chi connectivity index (χ4n) is 4.18. The van der Waals surface area contributed by atoms with Crippen LogP contribution in [0.4, 0.5) is 10.2 Å². The van der Waals surface area contributed by atoms with Crippen molar-refractivity contribution in [1.82, 2.24) is 20.1 Å². The number of ether oxygens (including phenoxy) is 1. The molecule has 0 fully saturated rings. The van der Waals surface area contributed by atoms with Gasteiger partial charge in [-0.25, -0.2) is 9.37 Å². The van der Waals surface area contributed by atoms with Gasteiger partial charge in [0.2, 0.25) is 0 Å². The standard InChI is InChI=1S/C24H27FN6O/c1-5-19-22-14-9-21(24(27)29-12-14)32-13(2)18-10-16(25)6-7-17(18)23(26)15(11-28-3)8-20(22)31(4)30-19/h6-7,9-13,26,28H,5,8H2,1-4H3,(H2,27,29)/b15-11-,26-23?. The number of hydrogen-bond donors (Lipinski definition) is 3. The van der Waals surface area contributed by atoms with Crippen molar-refractivity contribution >= 4 is 11.5 Å². The molecule has 7 nitrogen and oxygen atoms in total. The quantitative estimate of drug-likeness (QED) is 0.567. The van der Waals surface area contributed by atoms with Gasteiger partial charge in [-0.1, -0.05) is 6.92 Å². The maximum Gasteiger partial charge on any atom is 0.166 e. The van der Waals surface area contributed by atoms with Crippen LogP contribution in [0.15, 0.2) is 42.2 Å². The summed E-state index contributed by atoms with van der Waals surface area (Å²) < 4.78 is 22.2. The van der Waals surface area contributed by atoms with Gasteiger partial charge < -0.3 is 15.8 Å². The van der Waals surface area contributed by atoms with Gasteiger partial charge in [0.15, 0.2) is 11.6 Å². The number of nitrogens with zero attached hydrogens (tertiary/aromatic N) is 3. The second-order valence-corrected chi connectivity index (χ2v) is 7.85. The first-order valence-electron chi connectivity index (χ1n) is 10.6. The molecule has 4 rings (SSSR count). The van der Waals surface area contributed by atoms with Crippen LogP contribution in [0.5, 0.6) is 5.75 Å². The van der Waals surface area contributed by atoms with Crippen molar-refractivity contribution in [2.45, 2.75) is 32.8 Å². The summed E-state index contributed by atoms with van der Waals surface area (Å²) in [7, 11) is 3.70. The van der Waals surface area contributed by atoms with Gasteiger partial charge in [-0.3, -0.25) is 10.1 Å². The summed E-state index contributed by atoms with van der Waals surface area (Å²) in [5.41, 5.74) is 12.0. The van der Waals surface area contributed by atoms with Crippen LogP contribution in [0.25, 0.3) is 11.1 Å². The fraction of sp³-hybridized carbons (Fsp3) is 0.292. The number of pyridine rings is 1. The van der Waals surface area contributed by atoms with Crippen LogP contribution in [0.1, 0.15) is 42.5 Å². The molecule has 4 N–H and O–H groups in total. The van der Waals surface area contributed by atoms with Gasteiger partial charge in [-0.05, 0) is 43.2 Å². The van der Waals surface area contributed by atoms with Crippen LogP contribution in [0, 0.1) is 11.2 Å². The number of nitrogen functional groups attached to an aromatic ring is 1. The summed E-state index contributed by atoms with van der Waals surface area (Å²) in [4.78, 5) is 4.36. The lowest BCUT2D eigenvalue weighted by Gasteiger charge is -2.22. The third-order valence-electron chi connectivity index (χ3n) is 5.77. The van der Waals surface area contributed by atoms with E-state index in [-0.39, 0.29) is 11.6 Å². The average molecular weight is 435 g/mol. The van der Waals surface area contributed by atoms with Crippen LogP contribution in [-0.2, 0) is 19.9 Å². The van der Waals surface area contributed by atoms with Crippen LogP contribution in [0.2, 0.25) is 0 Å². The van der Waals surface area contributed by atoms with Gasteiger partial charge in [-0.2, -0.15) is 5.10 Å². The van der Waals surface area contributed by atoms with E-state index in [1.807, 2.05) is 30.9 Å². The van der Waals surface area contributed by atoms with Crippen molar-refractivity contribution in [3.8, 4) is 16.9 Å². The lowest BCUT2D eigenvalue weighted by Crippen LogP contribution is -2.17. The summed E-state index contributed by atoms with van der Waals surface area (Å²) in [5, 5.41) is 16.8. The van der Waals surface area contributed by atoms with E-state index < -0.39 is 6.10 Å². The molecule has 1 aliphatic heterocycles.